The lowest BCUT2D eigenvalue weighted by Crippen LogP contribution is -2.32. The number of hydrogen-bond acceptors (Lipinski definition) is 10. The Morgan fingerprint density at radius 1 is 1.11 bits per heavy atom. The van der Waals surface area contributed by atoms with Crippen molar-refractivity contribution in [1.29, 1.82) is 0 Å². The van der Waals surface area contributed by atoms with Gasteiger partial charge in [-0.05, 0) is 78.2 Å². The first-order valence-electron chi connectivity index (χ1n) is 14.9. The summed E-state index contributed by atoms with van der Waals surface area (Å²) in [6, 6.07) is 12.1. The van der Waals surface area contributed by atoms with Gasteiger partial charge in [0.05, 0.1) is 25.4 Å². The standard InChI is InChI=1S/C32H33ClN8O6/c1-3-47-31(44)25-7-5-4-6-24(37-29(42)13-8-19-14-21(33)9-12-28(19)41-18-34-39-40-41)27-15-20(16-30(43)38-27)23-11-10-22(17-26(23)36-25)35-32(45)46-2/h8-18,24-25,36H,3-7H2,1-2H3,(H,35,45)(H,37,42)(H,38,43)/b13-8+. The molecule has 2 unspecified atom stereocenters. The molecule has 0 spiro atoms. The van der Waals surface area contributed by atoms with Crippen molar-refractivity contribution in [1.82, 2.24) is 30.5 Å². The molecule has 244 valence electrons. The van der Waals surface area contributed by atoms with Crippen LogP contribution in [0.25, 0.3) is 22.9 Å². The Bertz CT molecular complexity index is 1840. The largest absolute Gasteiger partial charge is 0.464 e. The number of carbonyl (C=O) groups is 3. The van der Waals surface area contributed by atoms with Gasteiger partial charge >= 0.3 is 12.1 Å². The number of H-pyrrole nitrogens is 1. The highest BCUT2D eigenvalue weighted by Gasteiger charge is 2.24. The van der Waals surface area contributed by atoms with Crippen molar-refractivity contribution in [3.63, 3.8) is 0 Å². The number of aromatic amines is 1. The SMILES string of the molecule is CCOC(=O)C1CCCCC(NC(=O)/C=C/c2cc(Cl)ccc2-n2cnnn2)c2cc(cc(=O)[nH]2)-c2ccc(NC(=O)OC)cc2N1. The number of tetrazole rings is 1. The monoisotopic (exact) mass is 660 g/mol. The van der Waals surface area contributed by atoms with Crippen LogP contribution in [0.3, 0.4) is 0 Å². The zero-order valence-electron chi connectivity index (χ0n) is 25.7. The molecule has 0 saturated heterocycles. The van der Waals surface area contributed by atoms with Crippen LogP contribution in [0, 0.1) is 0 Å². The van der Waals surface area contributed by atoms with Gasteiger partial charge in [-0.1, -0.05) is 30.5 Å². The third kappa shape index (κ3) is 8.41. The number of carbonyl (C=O) groups excluding carboxylic acids is 3. The minimum atomic E-state index is -0.703. The lowest BCUT2D eigenvalue weighted by molar-refractivity contribution is -0.144. The number of fused-ring (bicyclic) bond motifs is 4. The van der Waals surface area contributed by atoms with Crippen LogP contribution >= 0.6 is 11.6 Å². The average molecular weight is 661 g/mol. The molecule has 2 atom stereocenters. The summed E-state index contributed by atoms with van der Waals surface area (Å²) in [4.78, 5) is 54.0. The fourth-order valence-corrected chi connectivity index (χ4v) is 5.46. The van der Waals surface area contributed by atoms with Crippen molar-refractivity contribution in [2.75, 3.05) is 24.4 Å². The highest BCUT2D eigenvalue weighted by Crippen LogP contribution is 2.34. The molecule has 47 heavy (non-hydrogen) atoms. The number of methoxy groups -OCH3 is 1. The number of aromatic nitrogens is 5. The smallest absolute Gasteiger partial charge is 0.411 e. The fraction of sp³-hybridized carbons (Fsp3) is 0.281. The molecule has 2 aromatic carbocycles. The lowest BCUT2D eigenvalue weighted by Gasteiger charge is -2.24. The number of halogens is 1. The summed E-state index contributed by atoms with van der Waals surface area (Å²) in [5.74, 6) is -0.827. The van der Waals surface area contributed by atoms with Crippen molar-refractivity contribution >= 4 is 47.0 Å². The van der Waals surface area contributed by atoms with Crippen molar-refractivity contribution in [3.05, 3.63) is 87.6 Å². The first kappa shape index (κ1) is 32.9. The van der Waals surface area contributed by atoms with Gasteiger partial charge in [-0.15, -0.1) is 5.10 Å². The zero-order chi connectivity index (χ0) is 33.3. The van der Waals surface area contributed by atoms with Crippen molar-refractivity contribution in [2.24, 2.45) is 0 Å². The predicted octanol–water partition coefficient (Wildman–Crippen LogP) is 4.64. The Labute approximate surface area is 274 Å². The summed E-state index contributed by atoms with van der Waals surface area (Å²) in [5, 5.41) is 20.6. The van der Waals surface area contributed by atoms with Gasteiger partial charge in [0.15, 0.2) is 0 Å². The minimum Gasteiger partial charge on any atom is -0.464 e. The van der Waals surface area contributed by atoms with E-state index in [1.54, 1.807) is 55.5 Å². The van der Waals surface area contributed by atoms with Crippen LogP contribution in [0.5, 0.6) is 0 Å². The van der Waals surface area contributed by atoms with Crippen LogP contribution in [0.15, 0.2) is 65.7 Å². The molecule has 4 aromatic rings. The molecular formula is C32H33ClN8O6. The van der Waals surface area contributed by atoms with E-state index in [0.29, 0.717) is 70.2 Å². The summed E-state index contributed by atoms with van der Waals surface area (Å²) >= 11 is 6.22. The first-order valence-corrected chi connectivity index (χ1v) is 15.3. The van der Waals surface area contributed by atoms with Crippen molar-refractivity contribution in [2.45, 2.75) is 44.7 Å². The van der Waals surface area contributed by atoms with E-state index in [1.165, 1.54) is 30.3 Å². The molecule has 14 nitrogen and oxygen atoms in total. The van der Waals surface area contributed by atoms with Crippen molar-refractivity contribution < 1.29 is 23.9 Å². The number of ether oxygens (including phenoxy) is 2. The van der Waals surface area contributed by atoms with Crippen LogP contribution in [-0.2, 0) is 19.1 Å². The number of amides is 2. The van der Waals surface area contributed by atoms with Gasteiger partial charge in [0.2, 0.25) is 11.5 Å². The number of benzene rings is 2. The van der Waals surface area contributed by atoms with E-state index < -0.39 is 30.1 Å². The van der Waals surface area contributed by atoms with Crippen LogP contribution in [-0.4, -0.2) is 62.9 Å². The second kappa shape index (κ2) is 15.2. The summed E-state index contributed by atoms with van der Waals surface area (Å²) < 4.78 is 11.5. The third-order valence-electron chi connectivity index (χ3n) is 7.46. The Hall–Kier alpha value is -5.50. The molecule has 2 bridgehead atoms. The predicted molar refractivity (Wildman–Crippen MR) is 175 cm³/mol. The summed E-state index contributed by atoms with van der Waals surface area (Å²) in [5.41, 5.74) is 3.43. The van der Waals surface area contributed by atoms with Gasteiger partial charge in [0.25, 0.3) is 0 Å². The first-order chi connectivity index (χ1) is 22.7. The molecule has 15 heteroatoms. The van der Waals surface area contributed by atoms with E-state index in [9.17, 15) is 19.2 Å². The molecule has 0 fully saturated rings. The summed E-state index contributed by atoms with van der Waals surface area (Å²) in [7, 11) is 1.26. The molecule has 5 rings (SSSR count). The van der Waals surface area contributed by atoms with Gasteiger partial charge in [-0.25, -0.2) is 9.59 Å². The number of hydrogen-bond donors (Lipinski definition) is 4. The molecule has 2 aromatic heterocycles. The summed E-state index contributed by atoms with van der Waals surface area (Å²) in [6.07, 6.45) is 5.91. The molecule has 2 amide bonds. The quantitative estimate of drug-likeness (QED) is 0.161. The van der Waals surface area contributed by atoms with E-state index in [4.69, 9.17) is 21.1 Å². The molecule has 1 aliphatic rings. The van der Waals surface area contributed by atoms with E-state index in [1.807, 2.05) is 0 Å². The second-order valence-corrected chi connectivity index (χ2v) is 11.1. The summed E-state index contributed by atoms with van der Waals surface area (Å²) in [6.45, 7) is 1.94. The normalized spacial score (nSPS) is 16.1. The van der Waals surface area contributed by atoms with Gasteiger partial charge in [-0.3, -0.25) is 14.9 Å². The van der Waals surface area contributed by atoms with Gasteiger partial charge < -0.3 is 25.1 Å². The third-order valence-corrected chi connectivity index (χ3v) is 7.69. The number of pyridine rings is 1. The highest BCUT2D eigenvalue weighted by atomic mass is 35.5. The van der Waals surface area contributed by atoms with Gasteiger partial charge in [0, 0.05) is 45.4 Å². The van der Waals surface area contributed by atoms with Crippen LogP contribution in [0.1, 0.15) is 49.9 Å². The number of rotatable bonds is 7. The maximum atomic E-state index is 13.3. The van der Waals surface area contributed by atoms with E-state index in [2.05, 4.69) is 36.5 Å². The molecule has 3 heterocycles. The topological polar surface area (TPSA) is 182 Å². The molecule has 1 aliphatic heterocycles. The fourth-order valence-electron chi connectivity index (χ4n) is 5.28. The van der Waals surface area contributed by atoms with Gasteiger partial charge in [0.1, 0.15) is 12.4 Å². The number of anilines is 2. The number of nitrogens with zero attached hydrogens (tertiary/aromatic N) is 4. The zero-order valence-corrected chi connectivity index (χ0v) is 26.4. The average Bonchev–Trinajstić information content (AvgIpc) is 3.59. The van der Waals surface area contributed by atoms with Crippen LogP contribution in [0.4, 0.5) is 16.2 Å². The Balaban J connectivity index is 1.48. The van der Waals surface area contributed by atoms with Gasteiger partial charge in [-0.2, -0.15) is 4.68 Å². The molecule has 0 saturated carbocycles. The molecule has 4 N–H and O–H groups in total. The highest BCUT2D eigenvalue weighted by molar-refractivity contribution is 6.30. The van der Waals surface area contributed by atoms with E-state index >= 15 is 0 Å². The Kier molecular flexibility index (Phi) is 10.6. The van der Waals surface area contributed by atoms with E-state index in [-0.39, 0.29) is 12.2 Å². The van der Waals surface area contributed by atoms with Crippen LogP contribution in [0.2, 0.25) is 5.02 Å². The molecule has 0 aliphatic carbocycles. The number of esters is 1. The minimum absolute atomic E-state index is 0.208. The molecule has 0 radical (unpaired) electrons. The number of nitrogens with one attached hydrogen (secondary N) is 4. The maximum Gasteiger partial charge on any atom is 0.411 e. The Morgan fingerprint density at radius 2 is 1.94 bits per heavy atom. The van der Waals surface area contributed by atoms with Crippen molar-refractivity contribution in [3.8, 4) is 16.8 Å². The lowest BCUT2D eigenvalue weighted by atomic mass is 9.96. The Morgan fingerprint density at radius 3 is 2.70 bits per heavy atom. The second-order valence-electron chi connectivity index (χ2n) is 10.7. The van der Waals surface area contributed by atoms with Crippen LogP contribution < -0.4 is 21.5 Å². The maximum absolute atomic E-state index is 13.3. The molecular weight excluding hydrogens is 628 g/mol. The van der Waals surface area contributed by atoms with E-state index in [0.717, 1.165) is 0 Å².